The summed E-state index contributed by atoms with van der Waals surface area (Å²) in [7, 11) is 0. The third kappa shape index (κ3) is 4.46. The highest BCUT2D eigenvalue weighted by Gasteiger charge is 2.38. The van der Waals surface area contributed by atoms with Crippen molar-refractivity contribution in [1.29, 1.82) is 0 Å². The van der Waals surface area contributed by atoms with Crippen LogP contribution in [0.1, 0.15) is 52.4 Å². The molecule has 0 spiro atoms. The number of rotatable bonds is 3. The van der Waals surface area contributed by atoms with E-state index < -0.39 is 5.60 Å². The van der Waals surface area contributed by atoms with E-state index in [0.29, 0.717) is 6.54 Å². The molecule has 2 heterocycles. The maximum atomic E-state index is 12.7. The molecular formula is C20H31N3O2. The first-order valence-corrected chi connectivity index (χ1v) is 9.60. The smallest absolute Gasteiger partial charge is 0.322 e. The highest BCUT2D eigenvalue weighted by Crippen LogP contribution is 2.28. The summed E-state index contributed by atoms with van der Waals surface area (Å²) in [6.45, 7) is 6.44. The van der Waals surface area contributed by atoms with Crippen LogP contribution in [-0.2, 0) is 0 Å². The van der Waals surface area contributed by atoms with Gasteiger partial charge in [-0.3, -0.25) is 0 Å². The van der Waals surface area contributed by atoms with Gasteiger partial charge in [0.15, 0.2) is 0 Å². The van der Waals surface area contributed by atoms with E-state index in [0.717, 1.165) is 31.6 Å². The van der Waals surface area contributed by atoms with Crippen molar-refractivity contribution in [3.63, 3.8) is 0 Å². The van der Waals surface area contributed by atoms with Crippen molar-refractivity contribution < 1.29 is 9.90 Å². The van der Waals surface area contributed by atoms with Crippen LogP contribution in [0.15, 0.2) is 24.3 Å². The molecule has 5 heteroatoms. The number of hydrogen-bond acceptors (Lipinski definition) is 3. The predicted octanol–water partition coefficient (Wildman–Crippen LogP) is 3.83. The molecule has 138 valence electrons. The van der Waals surface area contributed by atoms with Gasteiger partial charge in [-0.05, 0) is 57.7 Å². The summed E-state index contributed by atoms with van der Waals surface area (Å²) in [4.78, 5) is 16.9. The summed E-state index contributed by atoms with van der Waals surface area (Å²) < 4.78 is 0. The number of nitrogens with one attached hydrogen (secondary N) is 1. The SMILES string of the molecule is CC(C)(O)C1CCCN1C(=O)Nc1cccc(N2CCCCCC2)c1. The van der Waals surface area contributed by atoms with Crippen molar-refractivity contribution in [3.8, 4) is 0 Å². The van der Waals surface area contributed by atoms with E-state index in [4.69, 9.17) is 0 Å². The summed E-state index contributed by atoms with van der Waals surface area (Å²) in [6.07, 6.45) is 6.87. The minimum atomic E-state index is -0.873. The van der Waals surface area contributed by atoms with Crippen LogP contribution in [0.2, 0.25) is 0 Å². The average molecular weight is 345 g/mol. The average Bonchev–Trinajstić information content (AvgIpc) is 2.92. The molecule has 2 N–H and O–H groups in total. The fraction of sp³-hybridized carbons (Fsp3) is 0.650. The number of carbonyl (C=O) groups is 1. The lowest BCUT2D eigenvalue weighted by Crippen LogP contribution is -2.49. The van der Waals surface area contributed by atoms with Crippen LogP contribution in [0.3, 0.4) is 0 Å². The molecule has 0 aliphatic carbocycles. The summed E-state index contributed by atoms with van der Waals surface area (Å²) in [5, 5.41) is 13.3. The number of benzene rings is 1. The Labute approximate surface area is 151 Å². The molecule has 0 aromatic heterocycles. The normalized spacial score (nSPS) is 22.0. The quantitative estimate of drug-likeness (QED) is 0.875. The largest absolute Gasteiger partial charge is 0.388 e. The molecule has 5 nitrogen and oxygen atoms in total. The van der Waals surface area contributed by atoms with Crippen molar-refractivity contribution in [2.24, 2.45) is 0 Å². The molecule has 2 saturated heterocycles. The highest BCUT2D eigenvalue weighted by atomic mass is 16.3. The van der Waals surface area contributed by atoms with E-state index in [1.54, 1.807) is 18.7 Å². The topological polar surface area (TPSA) is 55.8 Å². The van der Waals surface area contributed by atoms with E-state index in [1.165, 1.54) is 31.4 Å². The summed E-state index contributed by atoms with van der Waals surface area (Å²) >= 11 is 0. The molecule has 2 amide bonds. The zero-order valence-corrected chi connectivity index (χ0v) is 15.5. The Morgan fingerprint density at radius 1 is 1.12 bits per heavy atom. The molecule has 1 aromatic rings. The minimum absolute atomic E-state index is 0.113. The highest BCUT2D eigenvalue weighted by molar-refractivity contribution is 5.90. The second kappa shape index (κ2) is 7.65. The Bertz CT molecular complexity index is 589. The van der Waals surface area contributed by atoms with Gasteiger partial charge in [-0.2, -0.15) is 0 Å². The Balaban J connectivity index is 1.68. The zero-order valence-electron chi connectivity index (χ0n) is 15.5. The number of amides is 2. The zero-order chi connectivity index (χ0) is 17.9. The third-order valence-corrected chi connectivity index (χ3v) is 5.40. The molecule has 2 fully saturated rings. The standard InChI is InChI=1S/C20H31N3O2/c1-20(2,25)18-11-8-14-23(18)19(24)21-16-9-7-10-17(15-16)22-12-5-3-4-6-13-22/h7,9-10,15,18,25H,3-6,8,11-14H2,1-2H3,(H,21,24). The predicted molar refractivity (Wildman–Crippen MR) is 102 cm³/mol. The van der Waals surface area contributed by atoms with Gasteiger partial charge in [-0.15, -0.1) is 0 Å². The fourth-order valence-corrected chi connectivity index (χ4v) is 4.05. The van der Waals surface area contributed by atoms with Crippen molar-refractivity contribution in [2.45, 2.75) is 64.0 Å². The maximum absolute atomic E-state index is 12.7. The van der Waals surface area contributed by atoms with Gasteiger partial charge >= 0.3 is 6.03 Å². The van der Waals surface area contributed by atoms with Crippen molar-refractivity contribution >= 4 is 17.4 Å². The number of carbonyl (C=O) groups excluding carboxylic acids is 1. The van der Waals surface area contributed by atoms with Crippen molar-refractivity contribution in [1.82, 2.24) is 4.90 Å². The number of likely N-dealkylation sites (tertiary alicyclic amines) is 1. The molecule has 0 radical (unpaired) electrons. The lowest BCUT2D eigenvalue weighted by Gasteiger charge is -2.33. The Morgan fingerprint density at radius 3 is 2.52 bits per heavy atom. The van der Waals surface area contributed by atoms with E-state index >= 15 is 0 Å². The molecule has 25 heavy (non-hydrogen) atoms. The van der Waals surface area contributed by atoms with Crippen LogP contribution in [0.5, 0.6) is 0 Å². The molecule has 1 atom stereocenters. The van der Waals surface area contributed by atoms with E-state index in [2.05, 4.69) is 22.3 Å². The van der Waals surface area contributed by atoms with Crippen LogP contribution >= 0.6 is 0 Å². The van der Waals surface area contributed by atoms with E-state index in [9.17, 15) is 9.90 Å². The van der Waals surface area contributed by atoms with Gasteiger partial charge in [0.1, 0.15) is 0 Å². The van der Waals surface area contributed by atoms with Gasteiger partial charge in [-0.1, -0.05) is 18.9 Å². The van der Waals surface area contributed by atoms with Crippen LogP contribution in [0, 0.1) is 0 Å². The second-order valence-electron chi connectivity index (χ2n) is 7.89. The molecule has 1 aromatic carbocycles. The molecule has 3 rings (SSSR count). The molecular weight excluding hydrogens is 314 g/mol. The first-order valence-electron chi connectivity index (χ1n) is 9.60. The lowest BCUT2D eigenvalue weighted by molar-refractivity contribution is 0.0117. The first-order chi connectivity index (χ1) is 11.9. The molecule has 1 unspecified atom stereocenters. The van der Waals surface area contributed by atoms with E-state index in [-0.39, 0.29) is 12.1 Å². The number of nitrogens with zero attached hydrogens (tertiary/aromatic N) is 2. The van der Waals surface area contributed by atoms with Crippen LogP contribution < -0.4 is 10.2 Å². The van der Waals surface area contributed by atoms with Crippen molar-refractivity contribution in [2.75, 3.05) is 29.9 Å². The molecule has 0 saturated carbocycles. The minimum Gasteiger partial charge on any atom is -0.388 e. The fourth-order valence-electron chi connectivity index (χ4n) is 4.05. The first kappa shape index (κ1) is 18.1. The number of urea groups is 1. The summed E-state index contributed by atoms with van der Waals surface area (Å²) in [5.74, 6) is 0. The van der Waals surface area contributed by atoms with Gasteiger partial charge in [0.05, 0.1) is 11.6 Å². The van der Waals surface area contributed by atoms with Gasteiger partial charge in [-0.25, -0.2) is 4.79 Å². The van der Waals surface area contributed by atoms with E-state index in [1.807, 2.05) is 12.1 Å². The van der Waals surface area contributed by atoms with Crippen LogP contribution in [-0.4, -0.2) is 47.3 Å². The molecule has 2 aliphatic heterocycles. The van der Waals surface area contributed by atoms with Gasteiger partial charge < -0.3 is 20.2 Å². The second-order valence-corrected chi connectivity index (χ2v) is 7.89. The van der Waals surface area contributed by atoms with Gasteiger partial charge in [0.2, 0.25) is 0 Å². The van der Waals surface area contributed by atoms with Gasteiger partial charge in [0, 0.05) is 31.0 Å². The van der Waals surface area contributed by atoms with Crippen LogP contribution in [0.4, 0.5) is 16.2 Å². The molecule has 2 aliphatic rings. The van der Waals surface area contributed by atoms with Crippen molar-refractivity contribution in [3.05, 3.63) is 24.3 Å². The number of hydrogen-bond donors (Lipinski definition) is 2. The number of aliphatic hydroxyl groups is 1. The lowest BCUT2D eigenvalue weighted by atomic mass is 9.97. The Kier molecular flexibility index (Phi) is 5.52. The summed E-state index contributed by atoms with van der Waals surface area (Å²) in [6, 6.07) is 7.90. The van der Waals surface area contributed by atoms with Gasteiger partial charge in [0.25, 0.3) is 0 Å². The summed E-state index contributed by atoms with van der Waals surface area (Å²) in [5.41, 5.74) is 1.13. The third-order valence-electron chi connectivity index (χ3n) is 5.40. The Morgan fingerprint density at radius 2 is 1.84 bits per heavy atom. The maximum Gasteiger partial charge on any atom is 0.322 e. The number of anilines is 2. The van der Waals surface area contributed by atoms with Crippen LogP contribution in [0.25, 0.3) is 0 Å². The monoisotopic (exact) mass is 345 g/mol. The Hall–Kier alpha value is -1.75. The molecule has 0 bridgehead atoms.